The lowest BCUT2D eigenvalue weighted by molar-refractivity contribution is -0.158. The first-order chi connectivity index (χ1) is 33.3. The molecule has 0 aliphatic carbocycles. The van der Waals surface area contributed by atoms with Gasteiger partial charge in [-0.25, -0.2) is 14.4 Å². The first-order valence-corrected chi connectivity index (χ1v) is 24.6. The van der Waals surface area contributed by atoms with Gasteiger partial charge in [-0.1, -0.05) is 101 Å². The van der Waals surface area contributed by atoms with Gasteiger partial charge in [0, 0.05) is 18.2 Å². The van der Waals surface area contributed by atoms with Crippen molar-refractivity contribution in [1.82, 2.24) is 0 Å². The molecule has 3 aromatic carbocycles. The van der Waals surface area contributed by atoms with Crippen LogP contribution in [0.5, 0.6) is 0 Å². The van der Waals surface area contributed by atoms with Crippen LogP contribution in [0.25, 0.3) is 18.2 Å². The van der Waals surface area contributed by atoms with Crippen molar-refractivity contribution in [2.24, 2.45) is 22.2 Å². The Kier molecular flexibility index (Phi) is 28.1. The zero-order valence-electron chi connectivity index (χ0n) is 45.3. The minimum atomic E-state index is -0.508. The molecule has 71 heavy (non-hydrogen) atoms. The van der Waals surface area contributed by atoms with Crippen LogP contribution in [0, 0.1) is 49.9 Å². The molecule has 0 spiro atoms. The van der Waals surface area contributed by atoms with Crippen molar-refractivity contribution < 1.29 is 57.2 Å². The monoisotopic (exact) mass is 983 g/mol. The third-order valence-electron chi connectivity index (χ3n) is 11.8. The summed E-state index contributed by atoms with van der Waals surface area (Å²) < 4.78 is 30.4. The number of rotatable bonds is 23. The molecular formula is C59H82O12. The molecule has 0 heterocycles. The second kappa shape index (κ2) is 31.8. The number of ether oxygens (including phenoxy) is 6. The fourth-order valence-corrected chi connectivity index (χ4v) is 5.60. The van der Waals surface area contributed by atoms with Crippen molar-refractivity contribution in [2.75, 3.05) is 39.6 Å². The summed E-state index contributed by atoms with van der Waals surface area (Å²) in [5, 5.41) is 0. The largest absolute Gasteiger partial charge is 0.462 e. The molecule has 0 atom stereocenters. The van der Waals surface area contributed by atoms with E-state index in [0.29, 0.717) is 25.2 Å². The van der Waals surface area contributed by atoms with Gasteiger partial charge < -0.3 is 28.4 Å². The Balaban J connectivity index is 0.000000533. The quantitative estimate of drug-likeness (QED) is 0.0384. The number of carbonyl (C=O) groups is 6. The highest BCUT2D eigenvalue weighted by atomic mass is 16.6. The SMILES string of the molecule is CCC(C)(C)C(=O)OCCOC(=O)/C=C/c1ccc(C)c(C)c1.CCC(C)(C)C(=O)OCCOC(=O)/C=C/c1ccc(C)cc1C.CCC(C)(C)C(=O)OCCOC(=O)/C=C/c1ccc(CC(C)C)cc1. The zero-order valence-corrected chi connectivity index (χ0v) is 45.3. The number of carbonyl (C=O) groups excluding carboxylic acids is 6. The molecule has 0 aliphatic rings. The smallest absolute Gasteiger partial charge is 0.330 e. The molecule has 12 heteroatoms. The topological polar surface area (TPSA) is 158 Å². The van der Waals surface area contributed by atoms with Crippen molar-refractivity contribution in [1.29, 1.82) is 0 Å². The molecule has 0 aromatic heterocycles. The van der Waals surface area contributed by atoms with Crippen LogP contribution < -0.4 is 0 Å². The minimum absolute atomic E-state index is 0.0571. The highest BCUT2D eigenvalue weighted by Crippen LogP contribution is 2.23. The Morgan fingerprint density at radius 2 is 0.831 bits per heavy atom. The summed E-state index contributed by atoms with van der Waals surface area (Å²) in [7, 11) is 0. The summed E-state index contributed by atoms with van der Waals surface area (Å²) in [5.74, 6) is -1.55. The van der Waals surface area contributed by atoms with Crippen LogP contribution >= 0.6 is 0 Å². The summed E-state index contributed by atoms with van der Waals surface area (Å²) >= 11 is 0. The van der Waals surface area contributed by atoms with Crippen LogP contribution in [0.2, 0.25) is 0 Å². The maximum atomic E-state index is 11.8. The van der Waals surface area contributed by atoms with E-state index in [0.717, 1.165) is 28.7 Å². The maximum absolute atomic E-state index is 11.8. The Bertz CT molecular complexity index is 2260. The molecule has 0 fully saturated rings. The molecule has 0 aliphatic heterocycles. The summed E-state index contributed by atoms with van der Waals surface area (Å²) in [6, 6.07) is 20.1. The Labute approximate surface area is 424 Å². The van der Waals surface area contributed by atoms with Gasteiger partial charge in [0.05, 0.1) is 16.2 Å². The van der Waals surface area contributed by atoms with Crippen LogP contribution in [0.3, 0.4) is 0 Å². The molecule has 3 aromatic rings. The van der Waals surface area contributed by atoms with E-state index in [4.69, 9.17) is 28.4 Å². The predicted octanol–water partition coefficient (Wildman–Crippen LogP) is 12.1. The molecule has 0 bridgehead atoms. The molecule has 0 saturated carbocycles. The van der Waals surface area contributed by atoms with Crippen LogP contribution in [0.1, 0.15) is 140 Å². The van der Waals surface area contributed by atoms with Crippen molar-refractivity contribution in [2.45, 2.75) is 130 Å². The maximum Gasteiger partial charge on any atom is 0.330 e. The van der Waals surface area contributed by atoms with Crippen molar-refractivity contribution in [3.05, 3.63) is 123 Å². The Morgan fingerprint density at radius 3 is 1.21 bits per heavy atom. The minimum Gasteiger partial charge on any atom is -0.462 e. The van der Waals surface area contributed by atoms with E-state index in [-0.39, 0.29) is 57.5 Å². The summed E-state index contributed by atoms with van der Waals surface area (Å²) in [4.78, 5) is 70.2. The normalized spacial score (nSPS) is 11.6. The lowest BCUT2D eigenvalue weighted by Gasteiger charge is -2.20. The van der Waals surface area contributed by atoms with E-state index in [9.17, 15) is 28.8 Å². The first-order valence-electron chi connectivity index (χ1n) is 24.6. The van der Waals surface area contributed by atoms with Gasteiger partial charge in [0.1, 0.15) is 39.6 Å². The first kappa shape index (κ1) is 62.7. The van der Waals surface area contributed by atoms with Gasteiger partial charge in [-0.2, -0.15) is 0 Å². The molecule has 3 rings (SSSR count). The van der Waals surface area contributed by atoms with Gasteiger partial charge in [-0.15, -0.1) is 0 Å². The van der Waals surface area contributed by atoms with Crippen LogP contribution in [0.4, 0.5) is 0 Å². The van der Waals surface area contributed by atoms with Crippen LogP contribution in [0.15, 0.2) is 78.9 Å². The highest BCUT2D eigenvalue weighted by Gasteiger charge is 2.28. The van der Waals surface area contributed by atoms with E-state index in [2.05, 4.69) is 32.0 Å². The fraction of sp³-hybridized carbons (Fsp3) is 0.492. The van der Waals surface area contributed by atoms with Crippen molar-refractivity contribution >= 4 is 54.0 Å². The van der Waals surface area contributed by atoms with Gasteiger partial charge in [-0.05, 0) is 158 Å². The van der Waals surface area contributed by atoms with E-state index in [1.807, 2.05) is 132 Å². The standard InChI is InChI=1S/C21H30O4.2C19H26O4/c1-6-21(4,5)20(23)25-14-13-24-19(22)12-11-17-7-9-18(10-8-17)15-16(2)3;1-6-19(4,5)18(21)23-12-11-22-17(20)10-9-16-8-7-14(2)15(3)13-16;1-6-19(4,5)18(21)23-12-11-22-17(20)10-9-16-8-7-14(2)13-15(16)3/h7-12,16H,6,13-15H2,1-5H3;2*7-10,13H,6,11-12H2,1-5H3/b12-11+;2*10-9+. The fourth-order valence-electron chi connectivity index (χ4n) is 5.60. The van der Waals surface area contributed by atoms with Gasteiger partial charge in [0.2, 0.25) is 0 Å². The zero-order chi connectivity index (χ0) is 53.8. The summed E-state index contributed by atoms with van der Waals surface area (Å²) in [6.07, 6.45) is 12.4. The van der Waals surface area contributed by atoms with E-state index in [1.54, 1.807) is 18.2 Å². The number of hydrogen-bond donors (Lipinski definition) is 0. The predicted molar refractivity (Wildman–Crippen MR) is 282 cm³/mol. The van der Waals surface area contributed by atoms with Gasteiger partial charge >= 0.3 is 35.8 Å². The number of benzene rings is 3. The van der Waals surface area contributed by atoms with Gasteiger partial charge in [0.25, 0.3) is 0 Å². The summed E-state index contributed by atoms with van der Waals surface area (Å²) in [5.41, 5.74) is 7.29. The van der Waals surface area contributed by atoms with E-state index in [1.165, 1.54) is 40.5 Å². The average molecular weight is 983 g/mol. The third-order valence-corrected chi connectivity index (χ3v) is 11.8. The molecule has 0 saturated heterocycles. The second-order valence-electron chi connectivity index (χ2n) is 19.7. The van der Waals surface area contributed by atoms with E-state index >= 15 is 0 Å². The van der Waals surface area contributed by atoms with Crippen LogP contribution in [-0.4, -0.2) is 75.5 Å². The van der Waals surface area contributed by atoms with Crippen molar-refractivity contribution in [3.63, 3.8) is 0 Å². The lowest BCUT2D eigenvalue weighted by Crippen LogP contribution is -2.27. The number of esters is 6. The lowest BCUT2D eigenvalue weighted by atomic mass is 9.91. The van der Waals surface area contributed by atoms with E-state index < -0.39 is 34.2 Å². The number of hydrogen-bond acceptors (Lipinski definition) is 12. The summed E-state index contributed by atoms with van der Waals surface area (Å²) in [6.45, 7) is 29.6. The molecule has 0 unspecified atom stereocenters. The molecule has 390 valence electrons. The molecule has 0 N–H and O–H groups in total. The Hall–Kier alpha value is -6.30. The van der Waals surface area contributed by atoms with Crippen molar-refractivity contribution in [3.8, 4) is 0 Å². The van der Waals surface area contributed by atoms with Gasteiger partial charge in [0.15, 0.2) is 0 Å². The molecule has 0 radical (unpaired) electrons. The highest BCUT2D eigenvalue weighted by molar-refractivity contribution is 5.88. The third kappa shape index (κ3) is 25.9. The van der Waals surface area contributed by atoms with Crippen LogP contribution in [-0.2, 0) is 63.6 Å². The molecular weight excluding hydrogens is 901 g/mol. The number of aryl methyl sites for hydroxylation is 4. The Morgan fingerprint density at radius 1 is 0.451 bits per heavy atom. The molecule has 0 amide bonds. The average Bonchev–Trinajstić information content (AvgIpc) is 3.32. The van der Waals surface area contributed by atoms with Gasteiger partial charge in [-0.3, -0.25) is 14.4 Å². The molecule has 12 nitrogen and oxygen atoms in total. The second-order valence-corrected chi connectivity index (χ2v) is 19.7.